The molecule has 1 rings (SSSR count). The molecule has 0 aliphatic heterocycles. The number of ether oxygens (including phenoxy) is 1. The quantitative estimate of drug-likeness (QED) is 0.260. The molecule has 1 aromatic rings. The first-order valence-corrected chi connectivity index (χ1v) is 10.7. The first-order chi connectivity index (χ1) is 13.7. The summed E-state index contributed by atoms with van der Waals surface area (Å²) in [6, 6.07) is 7.92. The second-order valence-corrected chi connectivity index (χ2v) is 8.36. The Hall–Kier alpha value is -1.92. The van der Waals surface area contributed by atoms with Crippen molar-refractivity contribution in [3.8, 4) is 0 Å². The van der Waals surface area contributed by atoms with Crippen molar-refractivity contribution >= 4 is 11.9 Å². The van der Waals surface area contributed by atoms with E-state index in [0.717, 1.165) is 30.4 Å². The number of aryl methyl sites for hydroxylation is 1. The highest BCUT2D eigenvalue weighted by Crippen LogP contribution is 2.22. The number of carbonyl (C=O) groups excluding carboxylic acids is 2. The summed E-state index contributed by atoms with van der Waals surface area (Å²) in [6.45, 7) is 10.8. The van der Waals surface area contributed by atoms with Crippen molar-refractivity contribution in [3.05, 3.63) is 35.4 Å². The maximum absolute atomic E-state index is 13.0. The van der Waals surface area contributed by atoms with Gasteiger partial charge in [0.25, 0.3) is 0 Å². The van der Waals surface area contributed by atoms with Crippen molar-refractivity contribution in [2.75, 3.05) is 0 Å². The molecule has 0 radical (unpaired) electrons. The van der Waals surface area contributed by atoms with E-state index in [2.05, 4.69) is 26.1 Å². The van der Waals surface area contributed by atoms with Crippen LogP contribution in [0, 0.1) is 5.92 Å². The molecular formula is C23H38N2O4. The summed E-state index contributed by atoms with van der Waals surface area (Å²) in [5, 5.41) is 12.0. The second kappa shape index (κ2) is 12.6. The Balaban J connectivity index is 2.75. The van der Waals surface area contributed by atoms with Crippen molar-refractivity contribution < 1.29 is 19.5 Å². The van der Waals surface area contributed by atoms with Gasteiger partial charge in [-0.25, -0.2) is 5.48 Å². The Morgan fingerprint density at radius 3 is 2.28 bits per heavy atom. The molecular weight excluding hydrogens is 368 g/mol. The molecule has 0 bridgehead atoms. The highest BCUT2D eigenvalue weighted by Gasteiger charge is 2.36. The average Bonchev–Trinajstić information content (AvgIpc) is 2.70. The normalized spacial score (nSPS) is 14.3. The smallest absolute Gasteiger partial charge is 0.326 e. The average molecular weight is 407 g/mol. The van der Waals surface area contributed by atoms with E-state index in [0.29, 0.717) is 25.3 Å². The summed E-state index contributed by atoms with van der Waals surface area (Å²) in [5.41, 5.74) is 2.98. The minimum Gasteiger partial charge on any atom is -0.461 e. The molecule has 0 fully saturated rings. The van der Waals surface area contributed by atoms with Gasteiger partial charge in [-0.15, -0.1) is 0 Å². The fraction of sp³-hybridized carbons (Fsp3) is 0.652. The summed E-state index contributed by atoms with van der Waals surface area (Å²) in [7, 11) is 0. The molecule has 0 heterocycles. The number of rotatable bonds is 13. The number of amides is 1. The Morgan fingerprint density at radius 1 is 1.14 bits per heavy atom. The van der Waals surface area contributed by atoms with E-state index in [4.69, 9.17) is 9.94 Å². The fourth-order valence-corrected chi connectivity index (χ4v) is 3.43. The lowest BCUT2D eigenvalue weighted by Gasteiger charge is -2.32. The standard InChI is InChI=1S/C23H38N2O4/c1-6-8-20(7-2)29-22(27)23(5,15-17(3)4)24-16-19-11-9-18(10-12-19)13-14-21(26)25-28/h9-12,17,20,24,28H,6-8,13-16H2,1-5H3,(H,25,26). The topological polar surface area (TPSA) is 87.7 Å². The SMILES string of the molecule is CCCC(CC)OC(=O)C(C)(CC(C)C)NCc1ccc(CCC(=O)NO)cc1. The molecule has 1 amide bonds. The molecule has 0 aliphatic rings. The fourth-order valence-electron chi connectivity index (χ4n) is 3.43. The molecule has 2 unspecified atom stereocenters. The van der Waals surface area contributed by atoms with Gasteiger partial charge in [0.15, 0.2) is 0 Å². The van der Waals surface area contributed by atoms with E-state index in [1.807, 2.05) is 38.1 Å². The molecule has 1 aromatic carbocycles. The zero-order chi connectivity index (χ0) is 21.9. The minimum atomic E-state index is -0.743. The van der Waals surface area contributed by atoms with Gasteiger partial charge in [0.1, 0.15) is 11.6 Å². The van der Waals surface area contributed by atoms with Crippen LogP contribution in [0.1, 0.15) is 77.8 Å². The van der Waals surface area contributed by atoms with Crippen LogP contribution in [-0.4, -0.2) is 28.7 Å². The molecule has 0 aromatic heterocycles. The van der Waals surface area contributed by atoms with E-state index in [1.54, 1.807) is 5.48 Å². The first-order valence-electron chi connectivity index (χ1n) is 10.7. The third kappa shape index (κ3) is 8.96. The minimum absolute atomic E-state index is 0.0313. The van der Waals surface area contributed by atoms with Crippen LogP contribution in [0.15, 0.2) is 24.3 Å². The number of hydrogen-bond acceptors (Lipinski definition) is 5. The van der Waals surface area contributed by atoms with Crippen molar-refractivity contribution in [3.63, 3.8) is 0 Å². The summed E-state index contributed by atoms with van der Waals surface area (Å²) >= 11 is 0. The largest absolute Gasteiger partial charge is 0.461 e. The van der Waals surface area contributed by atoms with Crippen LogP contribution in [0.5, 0.6) is 0 Å². The van der Waals surface area contributed by atoms with Gasteiger partial charge in [0.2, 0.25) is 5.91 Å². The van der Waals surface area contributed by atoms with Crippen LogP contribution in [-0.2, 0) is 27.3 Å². The number of carbonyl (C=O) groups is 2. The zero-order valence-corrected chi connectivity index (χ0v) is 18.6. The van der Waals surface area contributed by atoms with E-state index < -0.39 is 11.4 Å². The summed E-state index contributed by atoms with van der Waals surface area (Å²) in [5.74, 6) is -0.225. The van der Waals surface area contributed by atoms with Crippen LogP contribution in [0.25, 0.3) is 0 Å². The Labute approximate surface area is 175 Å². The van der Waals surface area contributed by atoms with Gasteiger partial charge in [-0.1, -0.05) is 58.4 Å². The number of hydrogen-bond donors (Lipinski definition) is 3. The predicted molar refractivity (Wildman–Crippen MR) is 114 cm³/mol. The molecule has 0 saturated carbocycles. The summed E-state index contributed by atoms with van der Waals surface area (Å²) < 4.78 is 5.82. The molecule has 3 N–H and O–H groups in total. The van der Waals surface area contributed by atoms with Crippen molar-refractivity contribution in [1.29, 1.82) is 0 Å². The van der Waals surface area contributed by atoms with Gasteiger partial charge < -0.3 is 4.74 Å². The molecule has 6 nitrogen and oxygen atoms in total. The predicted octanol–water partition coefficient (Wildman–Crippen LogP) is 4.14. The van der Waals surface area contributed by atoms with E-state index in [9.17, 15) is 9.59 Å². The summed E-state index contributed by atoms with van der Waals surface area (Å²) in [4.78, 5) is 24.1. The Kier molecular flexibility index (Phi) is 10.9. The third-order valence-corrected chi connectivity index (χ3v) is 5.08. The van der Waals surface area contributed by atoms with Crippen molar-refractivity contribution in [2.24, 2.45) is 5.92 Å². The Morgan fingerprint density at radius 2 is 1.76 bits per heavy atom. The van der Waals surface area contributed by atoms with Crippen molar-refractivity contribution in [2.45, 2.75) is 91.3 Å². The number of esters is 1. The maximum atomic E-state index is 13.0. The maximum Gasteiger partial charge on any atom is 0.326 e. The van der Waals surface area contributed by atoms with Gasteiger partial charge in [-0.05, 0) is 49.7 Å². The van der Waals surface area contributed by atoms with Crippen LogP contribution < -0.4 is 10.8 Å². The van der Waals surface area contributed by atoms with E-state index in [1.165, 1.54) is 0 Å². The number of nitrogens with one attached hydrogen (secondary N) is 2. The molecule has 0 spiro atoms. The van der Waals surface area contributed by atoms with Crippen LogP contribution >= 0.6 is 0 Å². The summed E-state index contributed by atoms with van der Waals surface area (Å²) in [6.07, 6.45) is 4.17. The third-order valence-electron chi connectivity index (χ3n) is 5.08. The van der Waals surface area contributed by atoms with Gasteiger partial charge in [0.05, 0.1) is 0 Å². The van der Waals surface area contributed by atoms with Crippen LogP contribution in [0.2, 0.25) is 0 Å². The highest BCUT2D eigenvalue weighted by atomic mass is 16.5. The first kappa shape index (κ1) is 25.1. The second-order valence-electron chi connectivity index (χ2n) is 8.36. The van der Waals surface area contributed by atoms with Gasteiger partial charge in [0, 0.05) is 13.0 Å². The zero-order valence-electron chi connectivity index (χ0n) is 18.6. The van der Waals surface area contributed by atoms with Crippen LogP contribution in [0.3, 0.4) is 0 Å². The highest BCUT2D eigenvalue weighted by molar-refractivity contribution is 5.80. The molecule has 0 aliphatic carbocycles. The number of benzene rings is 1. The molecule has 164 valence electrons. The molecule has 2 atom stereocenters. The molecule has 6 heteroatoms. The van der Waals surface area contributed by atoms with Gasteiger partial charge >= 0.3 is 5.97 Å². The molecule has 0 saturated heterocycles. The lowest BCUT2D eigenvalue weighted by molar-refractivity contribution is -0.158. The van der Waals surface area contributed by atoms with Crippen molar-refractivity contribution in [1.82, 2.24) is 10.8 Å². The lowest BCUT2D eigenvalue weighted by atomic mass is 9.90. The van der Waals surface area contributed by atoms with Gasteiger partial charge in [-0.3, -0.25) is 20.1 Å². The molecule has 29 heavy (non-hydrogen) atoms. The monoisotopic (exact) mass is 406 g/mol. The van der Waals surface area contributed by atoms with E-state index >= 15 is 0 Å². The Bertz CT molecular complexity index is 630. The van der Waals surface area contributed by atoms with Crippen LogP contribution in [0.4, 0.5) is 0 Å². The lowest BCUT2D eigenvalue weighted by Crippen LogP contribution is -2.51. The number of hydroxylamine groups is 1. The van der Waals surface area contributed by atoms with E-state index in [-0.39, 0.29) is 18.5 Å². The van der Waals surface area contributed by atoms with Gasteiger partial charge in [-0.2, -0.15) is 0 Å².